The maximum absolute atomic E-state index is 12.5. The predicted octanol–water partition coefficient (Wildman–Crippen LogP) is 3.47. The summed E-state index contributed by atoms with van der Waals surface area (Å²) < 4.78 is 40.8. The fourth-order valence-corrected chi connectivity index (χ4v) is 3.67. The third kappa shape index (κ3) is 3.83. The number of ether oxygens (including phenoxy) is 2. The lowest BCUT2D eigenvalue weighted by Crippen LogP contribution is -2.09. The number of ketones is 1. The average molecular weight is 409 g/mol. The number of allylic oxidation sites excluding steroid dienone is 1. The van der Waals surface area contributed by atoms with Gasteiger partial charge in [-0.05, 0) is 60.2 Å². The maximum atomic E-state index is 12.5. The van der Waals surface area contributed by atoms with Crippen molar-refractivity contribution in [1.29, 1.82) is 0 Å². The molecule has 1 aromatic heterocycles. The Morgan fingerprint density at radius 3 is 2.34 bits per heavy atom. The Morgan fingerprint density at radius 2 is 1.66 bits per heavy atom. The second-order valence-corrected chi connectivity index (χ2v) is 7.64. The lowest BCUT2D eigenvalue weighted by molar-refractivity contribution is 0.101. The van der Waals surface area contributed by atoms with Crippen LogP contribution in [0.15, 0.2) is 77.6 Å². The summed E-state index contributed by atoms with van der Waals surface area (Å²) in [4.78, 5) is 16.4. The van der Waals surface area contributed by atoms with E-state index in [-0.39, 0.29) is 27.9 Å². The summed E-state index contributed by atoms with van der Waals surface area (Å²) in [6.07, 6.45) is 4.81. The van der Waals surface area contributed by atoms with Crippen molar-refractivity contribution in [1.82, 2.24) is 4.98 Å². The van der Waals surface area contributed by atoms with Gasteiger partial charge in [0.25, 0.3) is 0 Å². The molecule has 8 heteroatoms. The Labute approximate surface area is 167 Å². The normalized spacial score (nSPS) is 14.4. The molecule has 0 fully saturated rings. The van der Waals surface area contributed by atoms with Crippen LogP contribution in [0.5, 0.6) is 17.2 Å². The van der Waals surface area contributed by atoms with Crippen LogP contribution in [0.25, 0.3) is 6.08 Å². The fourth-order valence-electron chi connectivity index (χ4n) is 2.75. The molecule has 0 amide bonds. The molecule has 1 aliphatic rings. The molecule has 3 aromatic rings. The fraction of sp³-hybridized carbons (Fsp3) is 0.0476. The van der Waals surface area contributed by atoms with Crippen LogP contribution in [0.1, 0.15) is 15.9 Å². The minimum atomic E-state index is -4.05. The van der Waals surface area contributed by atoms with Crippen LogP contribution in [-0.2, 0) is 10.1 Å². The summed E-state index contributed by atoms with van der Waals surface area (Å²) in [6, 6.07) is 13.6. The monoisotopic (exact) mass is 409 g/mol. The molecule has 146 valence electrons. The van der Waals surface area contributed by atoms with Gasteiger partial charge in [0.2, 0.25) is 5.78 Å². The van der Waals surface area contributed by atoms with E-state index < -0.39 is 10.1 Å². The number of hydrogen-bond acceptors (Lipinski definition) is 7. The molecule has 0 N–H and O–H groups in total. The van der Waals surface area contributed by atoms with Crippen molar-refractivity contribution in [2.75, 3.05) is 7.11 Å². The van der Waals surface area contributed by atoms with Crippen molar-refractivity contribution in [3.8, 4) is 17.2 Å². The quantitative estimate of drug-likeness (QED) is 0.471. The number of fused-ring (bicyclic) bond motifs is 1. The molecule has 0 saturated heterocycles. The molecule has 0 aliphatic carbocycles. The largest absolute Gasteiger partial charge is 0.497 e. The van der Waals surface area contributed by atoms with Gasteiger partial charge < -0.3 is 13.7 Å². The van der Waals surface area contributed by atoms with Crippen LogP contribution in [0, 0.1) is 0 Å². The second kappa shape index (κ2) is 7.40. The molecule has 29 heavy (non-hydrogen) atoms. The van der Waals surface area contributed by atoms with Gasteiger partial charge in [-0.15, -0.1) is 0 Å². The lowest BCUT2D eigenvalue weighted by Gasteiger charge is -2.08. The van der Waals surface area contributed by atoms with Crippen molar-refractivity contribution in [3.63, 3.8) is 0 Å². The Balaban J connectivity index is 1.58. The number of rotatable bonds is 5. The minimum Gasteiger partial charge on any atom is -0.497 e. The highest BCUT2D eigenvalue weighted by atomic mass is 32.2. The summed E-state index contributed by atoms with van der Waals surface area (Å²) in [5, 5.41) is 0. The van der Waals surface area contributed by atoms with Gasteiger partial charge >= 0.3 is 10.1 Å². The van der Waals surface area contributed by atoms with Crippen molar-refractivity contribution in [2.24, 2.45) is 0 Å². The third-order valence-corrected chi connectivity index (χ3v) is 5.46. The van der Waals surface area contributed by atoms with E-state index in [9.17, 15) is 13.2 Å². The maximum Gasteiger partial charge on any atom is 0.339 e. The first-order valence-electron chi connectivity index (χ1n) is 8.53. The van der Waals surface area contributed by atoms with E-state index in [2.05, 4.69) is 4.98 Å². The molecule has 1 aliphatic heterocycles. The summed E-state index contributed by atoms with van der Waals surface area (Å²) in [7, 11) is -2.56. The average Bonchev–Trinajstić information content (AvgIpc) is 3.03. The predicted molar refractivity (Wildman–Crippen MR) is 104 cm³/mol. The molecular weight excluding hydrogens is 394 g/mol. The topological polar surface area (TPSA) is 91.8 Å². The molecule has 0 atom stereocenters. The van der Waals surface area contributed by atoms with Crippen LogP contribution < -0.4 is 13.7 Å². The molecule has 2 heterocycles. The first-order chi connectivity index (χ1) is 14.0. The number of carbonyl (C=O) groups is 1. The second-order valence-electron chi connectivity index (χ2n) is 6.09. The van der Waals surface area contributed by atoms with Crippen LogP contribution in [0.2, 0.25) is 0 Å². The van der Waals surface area contributed by atoms with Gasteiger partial charge in [-0.25, -0.2) is 0 Å². The Hall–Kier alpha value is -3.65. The van der Waals surface area contributed by atoms with E-state index in [1.54, 1.807) is 30.6 Å². The number of methoxy groups -OCH3 is 1. The highest BCUT2D eigenvalue weighted by molar-refractivity contribution is 7.87. The number of benzene rings is 2. The minimum absolute atomic E-state index is 0.0194. The van der Waals surface area contributed by atoms with Crippen molar-refractivity contribution >= 4 is 22.0 Å². The lowest BCUT2D eigenvalue weighted by atomic mass is 10.1. The Bertz CT molecular complexity index is 1200. The van der Waals surface area contributed by atoms with Gasteiger partial charge in [-0.2, -0.15) is 8.42 Å². The molecule has 2 aromatic carbocycles. The van der Waals surface area contributed by atoms with Crippen LogP contribution >= 0.6 is 0 Å². The highest BCUT2D eigenvalue weighted by Crippen LogP contribution is 2.35. The first kappa shape index (κ1) is 18.7. The zero-order chi connectivity index (χ0) is 20.4. The van der Waals surface area contributed by atoms with Gasteiger partial charge in [0, 0.05) is 18.5 Å². The summed E-state index contributed by atoms with van der Waals surface area (Å²) >= 11 is 0. The Morgan fingerprint density at radius 1 is 0.966 bits per heavy atom. The molecular formula is C21H15NO6S. The number of carbonyl (C=O) groups excluding carboxylic acids is 1. The first-order valence-corrected chi connectivity index (χ1v) is 9.94. The number of aromatic nitrogens is 1. The van der Waals surface area contributed by atoms with E-state index in [1.165, 1.54) is 49.6 Å². The van der Waals surface area contributed by atoms with Crippen LogP contribution in [0.4, 0.5) is 0 Å². The standard InChI is InChI=1S/C21H15NO6S/c1-26-15-2-5-17(6-3-15)29(24,25)28-16-4-7-18-19(13-16)27-20(21(18)23)12-14-8-10-22-11-9-14/h2-13H,1H3. The molecule has 0 radical (unpaired) electrons. The van der Waals surface area contributed by atoms with Gasteiger partial charge in [0.1, 0.15) is 22.1 Å². The van der Waals surface area contributed by atoms with E-state index in [0.29, 0.717) is 11.3 Å². The summed E-state index contributed by atoms with van der Waals surface area (Å²) in [6.45, 7) is 0. The Kier molecular flexibility index (Phi) is 4.77. The summed E-state index contributed by atoms with van der Waals surface area (Å²) in [5.41, 5.74) is 1.09. The summed E-state index contributed by atoms with van der Waals surface area (Å²) in [5.74, 6) is 0.653. The molecule has 0 saturated carbocycles. The van der Waals surface area contributed by atoms with Crippen molar-refractivity contribution in [3.05, 3.63) is 83.9 Å². The van der Waals surface area contributed by atoms with Crippen molar-refractivity contribution in [2.45, 2.75) is 4.90 Å². The highest BCUT2D eigenvalue weighted by Gasteiger charge is 2.28. The number of Topliss-reactive ketones (excluding diaryl/α,β-unsaturated/α-hetero) is 1. The SMILES string of the molecule is COc1ccc(S(=O)(=O)Oc2ccc3c(c2)OC(=Cc2ccncc2)C3=O)cc1. The smallest absolute Gasteiger partial charge is 0.339 e. The van der Waals surface area contributed by atoms with E-state index in [0.717, 1.165) is 5.56 Å². The van der Waals surface area contributed by atoms with Crippen LogP contribution in [-0.4, -0.2) is 26.3 Å². The zero-order valence-electron chi connectivity index (χ0n) is 15.2. The molecule has 7 nitrogen and oxygen atoms in total. The molecule has 0 bridgehead atoms. The van der Waals surface area contributed by atoms with Gasteiger partial charge in [-0.3, -0.25) is 9.78 Å². The number of hydrogen-bond donors (Lipinski definition) is 0. The number of pyridine rings is 1. The van der Waals surface area contributed by atoms with E-state index >= 15 is 0 Å². The molecule has 0 unspecified atom stereocenters. The zero-order valence-corrected chi connectivity index (χ0v) is 16.0. The van der Waals surface area contributed by atoms with Gasteiger partial charge in [-0.1, -0.05) is 0 Å². The van der Waals surface area contributed by atoms with E-state index in [1.807, 2.05) is 0 Å². The van der Waals surface area contributed by atoms with Crippen LogP contribution in [0.3, 0.4) is 0 Å². The van der Waals surface area contributed by atoms with E-state index in [4.69, 9.17) is 13.7 Å². The van der Waals surface area contributed by atoms with Gasteiger partial charge in [0.05, 0.1) is 12.7 Å². The third-order valence-electron chi connectivity index (χ3n) is 4.20. The number of nitrogens with zero attached hydrogens (tertiary/aromatic N) is 1. The molecule has 4 rings (SSSR count). The van der Waals surface area contributed by atoms with Gasteiger partial charge in [0.15, 0.2) is 5.76 Å². The van der Waals surface area contributed by atoms with Crippen molar-refractivity contribution < 1.29 is 26.9 Å². The molecule has 0 spiro atoms.